The Morgan fingerprint density at radius 3 is 2.78 bits per heavy atom. The van der Waals surface area contributed by atoms with Crippen LogP contribution in [0.15, 0.2) is 30.6 Å². The van der Waals surface area contributed by atoms with E-state index in [-0.39, 0.29) is 18.7 Å². The van der Waals surface area contributed by atoms with Gasteiger partial charge < -0.3 is 25.3 Å². The molecule has 0 saturated carbocycles. The number of benzene rings is 1. The van der Waals surface area contributed by atoms with Crippen LogP contribution in [0, 0.1) is 0 Å². The zero-order valence-corrected chi connectivity index (χ0v) is 18.3. The topological polar surface area (TPSA) is 111 Å². The van der Waals surface area contributed by atoms with E-state index in [1.807, 2.05) is 18.7 Å². The summed E-state index contributed by atoms with van der Waals surface area (Å²) in [7, 11) is 3.67. The summed E-state index contributed by atoms with van der Waals surface area (Å²) in [5.74, 6) is -2.10. The number of unbranched alkanes of at least 4 members (excludes halogenated alkanes) is 1. The van der Waals surface area contributed by atoms with Crippen LogP contribution in [0.3, 0.4) is 0 Å². The van der Waals surface area contributed by atoms with Crippen molar-refractivity contribution in [2.45, 2.75) is 38.8 Å². The van der Waals surface area contributed by atoms with Gasteiger partial charge in [-0.3, -0.25) is 0 Å². The van der Waals surface area contributed by atoms with E-state index in [9.17, 15) is 13.6 Å². The summed E-state index contributed by atoms with van der Waals surface area (Å²) in [5, 5.41) is 2.57. The van der Waals surface area contributed by atoms with Gasteiger partial charge in [0, 0.05) is 39.7 Å². The maximum Gasteiger partial charge on any atom is 0.407 e. The lowest BCUT2D eigenvalue weighted by Crippen LogP contribution is -2.24. The lowest BCUT2D eigenvalue weighted by molar-refractivity contribution is 0.0174. The average Bonchev–Trinajstić information content (AvgIpc) is 3.15. The first-order valence-corrected chi connectivity index (χ1v) is 10.2. The van der Waals surface area contributed by atoms with Crippen molar-refractivity contribution in [2.24, 2.45) is 0 Å². The minimum atomic E-state index is -2.93. The Morgan fingerprint density at radius 1 is 1.28 bits per heavy atom. The zero-order valence-electron chi connectivity index (χ0n) is 18.3. The number of rotatable bonds is 9. The van der Waals surface area contributed by atoms with Crippen molar-refractivity contribution < 1.29 is 18.3 Å². The number of amides is 1. The predicted molar refractivity (Wildman–Crippen MR) is 117 cm³/mol. The molecule has 0 saturated heterocycles. The van der Waals surface area contributed by atoms with E-state index in [2.05, 4.69) is 20.3 Å². The van der Waals surface area contributed by atoms with Crippen LogP contribution in [0.25, 0.3) is 11.2 Å². The molecule has 32 heavy (non-hydrogen) atoms. The molecule has 0 unspecified atom stereocenters. The number of aromatic nitrogens is 4. The number of carbonyl (C=O) groups is 1. The van der Waals surface area contributed by atoms with Gasteiger partial charge in [-0.05, 0) is 24.5 Å². The Balaban J connectivity index is 1.43. The molecule has 0 atom stereocenters. The number of hydrogen-bond donors (Lipinski definition) is 2. The molecule has 3 N–H and O–H groups in total. The number of alkyl carbamates (subject to hydrolysis) is 1. The molecule has 11 heteroatoms. The van der Waals surface area contributed by atoms with Gasteiger partial charge in [0.2, 0.25) is 5.95 Å². The number of imidazole rings is 1. The van der Waals surface area contributed by atoms with E-state index >= 15 is 0 Å². The summed E-state index contributed by atoms with van der Waals surface area (Å²) in [6.45, 7) is 1.80. The molecule has 3 aromatic rings. The van der Waals surface area contributed by atoms with Crippen LogP contribution in [-0.4, -0.2) is 46.3 Å². The molecule has 0 aliphatic rings. The van der Waals surface area contributed by atoms with E-state index in [0.717, 1.165) is 13.3 Å². The van der Waals surface area contributed by atoms with E-state index in [1.165, 1.54) is 18.2 Å². The first-order valence-electron chi connectivity index (χ1n) is 10.2. The molecule has 0 aliphatic heterocycles. The summed E-state index contributed by atoms with van der Waals surface area (Å²) in [6, 6.07) is 5.93. The molecule has 0 fully saturated rings. The second-order valence-corrected chi connectivity index (χ2v) is 7.70. The van der Waals surface area contributed by atoms with Crippen molar-refractivity contribution >= 4 is 29.0 Å². The van der Waals surface area contributed by atoms with Gasteiger partial charge >= 0.3 is 6.09 Å². The molecule has 0 bridgehead atoms. The highest BCUT2D eigenvalue weighted by Crippen LogP contribution is 2.27. The second kappa shape index (κ2) is 9.75. The van der Waals surface area contributed by atoms with Gasteiger partial charge in [-0.15, -0.1) is 0 Å². The van der Waals surface area contributed by atoms with Crippen molar-refractivity contribution in [1.82, 2.24) is 24.8 Å². The molecule has 0 radical (unpaired) electrons. The second-order valence-electron chi connectivity index (χ2n) is 7.70. The number of halogens is 2. The Hall–Kier alpha value is -3.50. The number of nitrogens with one attached hydrogen (secondary N) is 1. The van der Waals surface area contributed by atoms with E-state index < -0.39 is 12.0 Å². The van der Waals surface area contributed by atoms with Gasteiger partial charge in [-0.25, -0.2) is 18.6 Å². The fraction of sp³-hybridized carbons (Fsp3) is 0.429. The molecule has 172 valence electrons. The molecular weight excluding hydrogens is 420 g/mol. The van der Waals surface area contributed by atoms with Gasteiger partial charge in [0.15, 0.2) is 11.5 Å². The monoisotopic (exact) mass is 447 g/mol. The Morgan fingerprint density at radius 2 is 2.06 bits per heavy atom. The van der Waals surface area contributed by atoms with Crippen LogP contribution < -0.4 is 16.0 Å². The SMILES string of the molecule is CN(C)c1nc(N)c2ncn(CCCCOC(=O)NCc3cccc(C(C)(F)F)c3)c2n1. The highest BCUT2D eigenvalue weighted by Gasteiger charge is 2.24. The maximum absolute atomic E-state index is 13.4. The highest BCUT2D eigenvalue weighted by molar-refractivity contribution is 5.82. The summed E-state index contributed by atoms with van der Waals surface area (Å²) >= 11 is 0. The maximum atomic E-state index is 13.4. The van der Waals surface area contributed by atoms with Crippen LogP contribution in [0.2, 0.25) is 0 Å². The molecule has 1 aromatic carbocycles. The molecule has 1 amide bonds. The van der Waals surface area contributed by atoms with Crippen LogP contribution in [0.1, 0.15) is 30.9 Å². The van der Waals surface area contributed by atoms with Gasteiger partial charge in [-0.2, -0.15) is 9.97 Å². The number of alkyl halides is 2. The summed E-state index contributed by atoms with van der Waals surface area (Å²) in [5.41, 5.74) is 7.65. The summed E-state index contributed by atoms with van der Waals surface area (Å²) in [4.78, 5) is 26.6. The normalized spacial score (nSPS) is 11.5. The number of fused-ring (bicyclic) bond motifs is 1. The molecule has 2 aromatic heterocycles. The van der Waals surface area contributed by atoms with Crippen molar-refractivity contribution in [1.29, 1.82) is 0 Å². The van der Waals surface area contributed by atoms with Gasteiger partial charge in [0.25, 0.3) is 5.92 Å². The number of anilines is 2. The van der Waals surface area contributed by atoms with Crippen molar-refractivity contribution in [2.75, 3.05) is 31.3 Å². The van der Waals surface area contributed by atoms with Crippen LogP contribution in [0.4, 0.5) is 25.3 Å². The number of nitrogen functional groups attached to an aromatic ring is 1. The van der Waals surface area contributed by atoms with Crippen LogP contribution in [0.5, 0.6) is 0 Å². The zero-order chi connectivity index (χ0) is 23.3. The summed E-state index contributed by atoms with van der Waals surface area (Å²) in [6.07, 6.45) is 2.43. The van der Waals surface area contributed by atoms with Crippen molar-refractivity contribution in [3.8, 4) is 0 Å². The number of nitrogens with two attached hydrogens (primary N) is 1. The van der Waals surface area contributed by atoms with E-state index in [1.54, 1.807) is 17.3 Å². The Labute approximate surface area is 184 Å². The largest absolute Gasteiger partial charge is 0.450 e. The minimum Gasteiger partial charge on any atom is -0.450 e. The van der Waals surface area contributed by atoms with Gasteiger partial charge in [0.05, 0.1) is 12.9 Å². The smallest absolute Gasteiger partial charge is 0.407 e. The minimum absolute atomic E-state index is 0.0954. The number of carbonyl (C=O) groups excluding carboxylic acids is 1. The first kappa shape index (κ1) is 23.2. The first-order chi connectivity index (χ1) is 15.1. The fourth-order valence-corrected chi connectivity index (χ4v) is 3.05. The molecule has 2 heterocycles. The average molecular weight is 447 g/mol. The van der Waals surface area contributed by atoms with Gasteiger partial charge in [-0.1, -0.05) is 18.2 Å². The Kier molecular flexibility index (Phi) is 7.06. The number of nitrogens with zero attached hydrogens (tertiary/aromatic N) is 5. The molecular formula is C21H27F2N7O2. The number of aryl methyl sites for hydroxylation is 1. The van der Waals surface area contributed by atoms with Gasteiger partial charge in [0.1, 0.15) is 5.52 Å². The lowest BCUT2D eigenvalue weighted by atomic mass is 10.1. The third kappa shape index (κ3) is 5.80. The van der Waals surface area contributed by atoms with Crippen LogP contribution >= 0.6 is 0 Å². The number of hydrogen-bond acceptors (Lipinski definition) is 7. The third-order valence-electron chi connectivity index (χ3n) is 4.78. The molecule has 3 rings (SSSR count). The molecule has 9 nitrogen and oxygen atoms in total. The summed E-state index contributed by atoms with van der Waals surface area (Å²) < 4.78 is 33.9. The predicted octanol–water partition coefficient (Wildman–Crippen LogP) is 3.29. The lowest BCUT2D eigenvalue weighted by Gasteiger charge is -2.12. The number of ether oxygens (including phenoxy) is 1. The molecule has 0 spiro atoms. The van der Waals surface area contributed by atoms with E-state index in [0.29, 0.717) is 41.5 Å². The molecule has 0 aliphatic carbocycles. The van der Waals surface area contributed by atoms with Crippen molar-refractivity contribution in [3.05, 3.63) is 41.7 Å². The van der Waals surface area contributed by atoms with E-state index in [4.69, 9.17) is 10.5 Å². The van der Waals surface area contributed by atoms with Crippen LogP contribution in [-0.2, 0) is 23.7 Å². The van der Waals surface area contributed by atoms with Crippen molar-refractivity contribution in [3.63, 3.8) is 0 Å². The quantitative estimate of drug-likeness (QED) is 0.484. The third-order valence-corrected chi connectivity index (χ3v) is 4.78. The Bertz CT molecular complexity index is 1080. The standard InChI is InChI=1S/C21H27F2N7O2/c1-21(22,23)15-8-6-7-14(11-15)12-25-20(31)32-10-5-4-9-30-13-26-16-17(24)27-19(29(2)3)28-18(16)30/h6-8,11,13H,4-5,9-10,12H2,1-3H3,(H,25,31)(H2,24,27,28). The highest BCUT2D eigenvalue weighted by atomic mass is 19.3. The fourth-order valence-electron chi connectivity index (χ4n) is 3.05.